The van der Waals surface area contributed by atoms with E-state index in [1.165, 1.54) is 22.9 Å². The lowest BCUT2D eigenvalue weighted by Gasteiger charge is -2.39. The largest absolute Gasteiger partial charge is 0.326 e. The van der Waals surface area contributed by atoms with Crippen LogP contribution in [0.25, 0.3) is 17.1 Å². The predicted molar refractivity (Wildman–Crippen MR) is 129 cm³/mol. The second-order valence-electron chi connectivity index (χ2n) is 8.59. The van der Waals surface area contributed by atoms with Gasteiger partial charge in [-0.1, -0.05) is 37.1 Å². The van der Waals surface area contributed by atoms with Crippen molar-refractivity contribution in [1.29, 1.82) is 5.26 Å². The first-order valence-corrected chi connectivity index (χ1v) is 12.2. The molecule has 7 nitrogen and oxygen atoms in total. The average molecular weight is 461 g/mol. The molecule has 0 N–H and O–H groups in total. The Balaban J connectivity index is 1.63. The topological polar surface area (TPSA) is 87.7 Å². The molecule has 3 aromatic rings. The zero-order chi connectivity index (χ0) is 23.4. The molecule has 1 amide bonds. The Hall–Kier alpha value is -3.18. The molecule has 0 radical (unpaired) electrons. The van der Waals surface area contributed by atoms with Crippen molar-refractivity contribution >= 4 is 17.7 Å². The lowest BCUT2D eigenvalue weighted by atomic mass is 9.81. The van der Waals surface area contributed by atoms with Crippen LogP contribution in [0.4, 0.5) is 0 Å². The lowest BCUT2D eigenvalue weighted by molar-refractivity contribution is -0.131. The summed E-state index contributed by atoms with van der Waals surface area (Å²) in [6.07, 6.45) is 8.01. The summed E-state index contributed by atoms with van der Waals surface area (Å²) in [5, 5.41) is 19.3. The van der Waals surface area contributed by atoms with E-state index in [0.717, 1.165) is 43.4 Å². The SMILES string of the molecule is Cc1ccc(-n2c(SCC(=O)N(C)C3(C#N)CCCCC3)nnc2-c2ccncc2)cc1C. The van der Waals surface area contributed by atoms with Crippen LogP contribution in [0.2, 0.25) is 0 Å². The normalized spacial score (nSPS) is 15.1. The first-order valence-electron chi connectivity index (χ1n) is 11.2. The standard InChI is InChI=1S/C25H28N6OS/c1-18-7-8-21(15-19(18)2)31-23(20-9-13-27-14-10-20)28-29-24(31)33-16-22(32)30(3)25(17-26)11-5-4-6-12-25/h7-10,13-15H,4-6,11-12,16H2,1-3H3. The Morgan fingerprint density at radius 2 is 1.85 bits per heavy atom. The molecule has 2 heterocycles. The number of benzene rings is 1. The molecule has 4 rings (SSSR count). The highest BCUT2D eigenvalue weighted by Gasteiger charge is 2.38. The highest BCUT2D eigenvalue weighted by Crippen LogP contribution is 2.34. The van der Waals surface area contributed by atoms with Crippen molar-refractivity contribution < 1.29 is 4.79 Å². The van der Waals surface area contributed by atoms with E-state index in [0.29, 0.717) is 11.0 Å². The minimum atomic E-state index is -0.695. The van der Waals surface area contributed by atoms with Crippen LogP contribution in [0, 0.1) is 25.2 Å². The molecule has 1 aliphatic carbocycles. The van der Waals surface area contributed by atoms with Crippen LogP contribution in [0.15, 0.2) is 47.9 Å². The Morgan fingerprint density at radius 3 is 2.52 bits per heavy atom. The molecule has 2 aromatic heterocycles. The molecule has 0 bridgehead atoms. The Kier molecular flexibility index (Phi) is 6.80. The minimum Gasteiger partial charge on any atom is -0.326 e. The Labute approximate surface area is 198 Å². The van der Waals surface area contributed by atoms with Gasteiger partial charge < -0.3 is 4.90 Å². The molecule has 1 fully saturated rings. The number of rotatable bonds is 6. The second-order valence-corrected chi connectivity index (χ2v) is 9.53. The van der Waals surface area contributed by atoms with E-state index in [2.05, 4.69) is 47.2 Å². The van der Waals surface area contributed by atoms with Crippen LogP contribution in [-0.2, 0) is 4.79 Å². The van der Waals surface area contributed by atoms with Crippen molar-refractivity contribution in [1.82, 2.24) is 24.6 Å². The van der Waals surface area contributed by atoms with Gasteiger partial charge >= 0.3 is 0 Å². The summed E-state index contributed by atoms with van der Waals surface area (Å²) in [5.41, 5.74) is 3.52. The van der Waals surface area contributed by atoms with E-state index in [1.54, 1.807) is 24.3 Å². The summed E-state index contributed by atoms with van der Waals surface area (Å²) in [5.74, 6) is 0.826. The van der Waals surface area contributed by atoms with Gasteiger partial charge in [0.15, 0.2) is 11.0 Å². The smallest absolute Gasteiger partial charge is 0.234 e. The van der Waals surface area contributed by atoms with Crippen molar-refractivity contribution in [3.63, 3.8) is 0 Å². The molecule has 8 heteroatoms. The third-order valence-electron chi connectivity index (χ3n) is 6.55. The molecular formula is C25H28N6OS. The molecule has 33 heavy (non-hydrogen) atoms. The maximum Gasteiger partial charge on any atom is 0.234 e. The maximum absolute atomic E-state index is 13.1. The van der Waals surface area contributed by atoms with Gasteiger partial charge in [-0.2, -0.15) is 5.26 Å². The van der Waals surface area contributed by atoms with Crippen LogP contribution in [0.3, 0.4) is 0 Å². The summed E-state index contributed by atoms with van der Waals surface area (Å²) in [6, 6.07) is 12.4. The monoisotopic (exact) mass is 460 g/mol. The highest BCUT2D eigenvalue weighted by atomic mass is 32.2. The van der Waals surface area contributed by atoms with Gasteiger partial charge in [0, 0.05) is 25.0 Å². The van der Waals surface area contributed by atoms with Gasteiger partial charge in [-0.15, -0.1) is 10.2 Å². The number of amides is 1. The quantitative estimate of drug-likeness (QED) is 0.495. The number of hydrogen-bond acceptors (Lipinski definition) is 6. The molecule has 170 valence electrons. The van der Waals surface area contributed by atoms with E-state index in [9.17, 15) is 10.1 Å². The van der Waals surface area contributed by atoms with Crippen molar-refractivity contribution in [2.45, 2.75) is 56.6 Å². The number of hydrogen-bond donors (Lipinski definition) is 0. The summed E-state index contributed by atoms with van der Waals surface area (Å²) in [7, 11) is 1.76. The number of aromatic nitrogens is 4. The molecule has 1 aliphatic rings. The average Bonchev–Trinajstić information content (AvgIpc) is 3.28. The molecule has 0 atom stereocenters. The van der Waals surface area contributed by atoms with Crippen LogP contribution in [-0.4, -0.2) is 48.9 Å². The molecule has 0 unspecified atom stereocenters. The number of carbonyl (C=O) groups is 1. The van der Waals surface area contributed by atoms with Gasteiger partial charge in [-0.3, -0.25) is 14.3 Å². The van der Waals surface area contributed by atoms with Crippen LogP contribution in [0.1, 0.15) is 43.2 Å². The summed E-state index contributed by atoms with van der Waals surface area (Å²) in [4.78, 5) is 18.8. The van der Waals surface area contributed by atoms with E-state index < -0.39 is 5.54 Å². The van der Waals surface area contributed by atoms with E-state index in [-0.39, 0.29) is 11.7 Å². The molecule has 0 aliphatic heterocycles. The summed E-state index contributed by atoms with van der Waals surface area (Å²) >= 11 is 1.35. The minimum absolute atomic E-state index is 0.0662. The van der Waals surface area contributed by atoms with Crippen LogP contribution >= 0.6 is 11.8 Å². The van der Waals surface area contributed by atoms with Crippen LogP contribution in [0.5, 0.6) is 0 Å². The zero-order valence-electron chi connectivity index (χ0n) is 19.3. The maximum atomic E-state index is 13.1. The second kappa shape index (κ2) is 9.75. The van der Waals surface area contributed by atoms with Crippen molar-refractivity contribution in [3.8, 4) is 23.1 Å². The van der Waals surface area contributed by atoms with E-state index in [1.807, 2.05) is 22.8 Å². The molecule has 1 saturated carbocycles. The van der Waals surface area contributed by atoms with Gasteiger partial charge in [0.05, 0.1) is 17.5 Å². The van der Waals surface area contributed by atoms with Gasteiger partial charge in [-0.05, 0) is 62.1 Å². The molecule has 0 spiro atoms. The van der Waals surface area contributed by atoms with Gasteiger partial charge in [0.1, 0.15) is 5.54 Å². The van der Waals surface area contributed by atoms with Gasteiger partial charge in [-0.25, -0.2) is 0 Å². The van der Waals surface area contributed by atoms with Gasteiger partial charge in [0.25, 0.3) is 0 Å². The summed E-state index contributed by atoms with van der Waals surface area (Å²) < 4.78 is 1.99. The van der Waals surface area contributed by atoms with E-state index in [4.69, 9.17) is 0 Å². The first kappa shape index (κ1) is 23.0. The van der Waals surface area contributed by atoms with Crippen molar-refractivity contribution in [2.75, 3.05) is 12.8 Å². The zero-order valence-corrected chi connectivity index (χ0v) is 20.1. The third kappa shape index (κ3) is 4.64. The van der Waals surface area contributed by atoms with E-state index >= 15 is 0 Å². The fourth-order valence-electron chi connectivity index (χ4n) is 4.27. The van der Waals surface area contributed by atoms with Crippen molar-refractivity contribution in [2.24, 2.45) is 0 Å². The molecule has 0 saturated heterocycles. The highest BCUT2D eigenvalue weighted by molar-refractivity contribution is 7.99. The number of carbonyl (C=O) groups excluding carboxylic acids is 1. The first-order chi connectivity index (χ1) is 15.9. The fraction of sp³-hybridized carbons (Fsp3) is 0.400. The lowest BCUT2D eigenvalue weighted by Crippen LogP contribution is -2.50. The summed E-state index contributed by atoms with van der Waals surface area (Å²) in [6.45, 7) is 4.15. The van der Waals surface area contributed by atoms with Crippen LogP contribution < -0.4 is 0 Å². The fourth-order valence-corrected chi connectivity index (χ4v) is 5.14. The molecule has 1 aromatic carbocycles. The number of nitrogens with zero attached hydrogens (tertiary/aromatic N) is 6. The Bertz CT molecular complexity index is 1180. The molecular weight excluding hydrogens is 432 g/mol. The number of pyridine rings is 1. The third-order valence-corrected chi connectivity index (χ3v) is 7.46. The van der Waals surface area contributed by atoms with Gasteiger partial charge in [0.2, 0.25) is 5.91 Å². The number of nitriles is 1. The van der Waals surface area contributed by atoms with Crippen molar-refractivity contribution in [3.05, 3.63) is 53.9 Å². The number of aryl methyl sites for hydroxylation is 2. The predicted octanol–water partition coefficient (Wildman–Crippen LogP) is 4.72. The number of thioether (sulfide) groups is 1. The Morgan fingerprint density at radius 1 is 1.12 bits per heavy atom.